The molecule has 2 aromatic carbocycles. The van der Waals surface area contributed by atoms with Gasteiger partial charge in [0.1, 0.15) is 23.3 Å². The topological polar surface area (TPSA) is 157 Å². The molecule has 4 aromatic rings. The van der Waals surface area contributed by atoms with Gasteiger partial charge < -0.3 is 36.0 Å². The summed E-state index contributed by atoms with van der Waals surface area (Å²) in [5.41, 5.74) is 1.41. The number of hydrogen-bond acceptors (Lipinski definition) is 5. The molecule has 11 heteroatoms. The van der Waals surface area contributed by atoms with Crippen LogP contribution >= 0.6 is 0 Å². The fourth-order valence-corrected chi connectivity index (χ4v) is 4.71. The number of carbonyl (C=O) groups excluding carboxylic acids is 4. The van der Waals surface area contributed by atoms with Crippen molar-refractivity contribution in [3.63, 3.8) is 0 Å². The fourth-order valence-electron chi connectivity index (χ4n) is 4.71. The molecule has 11 nitrogen and oxygen atoms in total. The van der Waals surface area contributed by atoms with Crippen LogP contribution in [0.15, 0.2) is 60.9 Å². The quantitative estimate of drug-likeness (QED) is 0.120. The SMILES string of the molecule is CC(C)(C)OC(=O)NC(C)(C)C(=O)N[C@@H](Cc1c[nH]c2ccccc12)C(=O)N[C@@H](Cc1c[nH]c2ccccc12)NC=O. The third-order valence-corrected chi connectivity index (χ3v) is 6.79. The summed E-state index contributed by atoms with van der Waals surface area (Å²) in [6.45, 7) is 8.23. The van der Waals surface area contributed by atoms with E-state index in [1.165, 1.54) is 13.8 Å². The molecule has 0 fully saturated rings. The van der Waals surface area contributed by atoms with Crippen molar-refractivity contribution in [1.82, 2.24) is 31.2 Å². The van der Waals surface area contributed by atoms with Gasteiger partial charge in [-0.1, -0.05) is 36.4 Å². The number of nitrogens with one attached hydrogen (secondary N) is 6. The van der Waals surface area contributed by atoms with E-state index in [4.69, 9.17) is 4.74 Å². The summed E-state index contributed by atoms with van der Waals surface area (Å²) in [4.78, 5) is 57.5. The standard InChI is InChI=1S/C31H38N6O5/c1-30(2,3)42-29(41)37-31(4,5)28(40)35-25(14-19-16-32-23-12-8-6-10-21(19)23)27(39)36-26(34-18-38)15-20-17-33-24-13-9-7-11-22(20)24/h6-13,16-18,25-26,32-33H,14-15H2,1-5H3,(H,34,38)(H,35,40)(H,36,39)(H,37,41)/t25-,26-/m0/s1. The van der Waals surface area contributed by atoms with Gasteiger partial charge in [0, 0.05) is 47.0 Å². The Morgan fingerprint density at radius 2 is 1.38 bits per heavy atom. The second kappa shape index (κ2) is 12.4. The molecule has 6 N–H and O–H groups in total. The van der Waals surface area contributed by atoms with Crippen LogP contribution in [0.3, 0.4) is 0 Å². The van der Waals surface area contributed by atoms with Crippen LogP contribution in [0.4, 0.5) is 4.79 Å². The maximum absolute atomic E-state index is 13.7. The number of benzene rings is 2. The van der Waals surface area contributed by atoms with E-state index in [0.29, 0.717) is 12.8 Å². The summed E-state index contributed by atoms with van der Waals surface area (Å²) < 4.78 is 5.31. The van der Waals surface area contributed by atoms with Crippen LogP contribution in [0.2, 0.25) is 0 Å². The lowest BCUT2D eigenvalue weighted by atomic mass is 10.0. The van der Waals surface area contributed by atoms with Gasteiger partial charge in [-0.05, 0) is 57.9 Å². The van der Waals surface area contributed by atoms with Crippen LogP contribution in [0, 0.1) is 0 Å². The number of ether oxygens (including phenoxy) is 1. The Labute approximate surface area is 244 Å². The van der Waals surface area contributed by atoms with Gasteiger partial charge in [0.25, 0.3) is 0 Å². The molecule has 2 aromatic heterocycles. The second-order valence-corrected chi connectivity index (χ2v) is 11.8. The third-order valence-electron chi connectivity index (χ3n) is 6.79. The van der Waals surface area contributed by atoms with Gasteiger partial charge in [-0.25, -0.2) is 4.79 Å². The van der Waals surface area contributed by atoms with Crippen molar-refractivity contribution in [1.29, 1.82) is 0 Å². The lowest BCUT2D eigenvalue weighted by Crippen LogP contribution is -2.61. The van der Waals surface area contributed by atoms with Crippen molar-refractivity contribution in [2.45, 2.75) is 70.8 Å². The van der Waals surface area contributed by atoms with Gasteiger partial charge in [-0.2, -0.15) is 0 Å². The average molecular weight is 575 g/mol. The van der Waals surface area contributed by atoms with Gasteiger partial charge in [0.05, 0.1) is 0 Å². The Morgan fingerprint density at radius 3 is 1.93 bits per heavy atom. The Kier molecular flexibility index (Phi) is 8.89. The number of fused-ring (bicyclic) bond motifs is 2. The van der Waals surface area contributed by atoms with Crippen molar-refractivity contribution in [2.75, 3.05) is 0 Å². The molecule has 0 radical (unpaired) electrons. The largest absolute Gasteiger partial charge is 0.444 e. The first-order valence-corrected chi connectivity index (χ1v) is 13.8. The minimum absolute atomic E-state index is 0.158. The highest BCUT2D eigenvalue weighted by atomic mass is 16.6. The molecule has 0 saturated carbocycles. The molecule has 222 valence electrons. The highest BCUT2D eigenvalue weighted by Crippen LogP contribution is 2.21. The highest BCUT2D eigenvalue weighted by molar-refractivity contribution is 5.94. The third kappa shape index (κ3) is 7.48. The molecular formula is C31H38N6O5. The maximum atomic E-state index is 13.7. The lowest BCUT2D eigenvalue weighted by Gasteiger charge is -2.30. The molecule has 2 atom stereocenters. The van der Waals surface area contributed by atoms with E-state index in [9.17, 15) is 19.2 Å². The number of rotatable bonds is 11. The van der Waals surface area contributed by atoms with Crippen molar-refractivity contribution in [2.24, 2.45) is 0 Å². The summed E-state index contributed by atoms with van der Waals surface area (Å²) in [5, 5.41) is 12.8. The summed E-state index contributed by atoms with van der Waals surface area (Å²) in [5.74, 6) is -1.08. The first-order valence-electron chi connectivity index (χ1n) is 13.8. The molecule has 0 saturated heterocycles. The van der Waals surface area contributed by atoms with Crippen molar-refractivity contribution in [3.8, 4) is 0 Å². The van der Waals surface area contributed by atoms with Gasteiger partial charge in [-0.3, -0.25) is 14.4 Å². The molecule has 0 bridgehead atoms. The van der Waals surface area contributed by atoms with E-state index in [2.05, 4.69) is 31.2 Å². The smallest absolute Gasteiger partial charge is 0.408 e. The number of aromatic amines is 2. The van der Waals surface area contributed by atoms with E-state index in [1.54, 1.807) is 27.0 Å². The Bertz CT molecular complexity index is 1580. The molecule has 42 heavy (non-hydrogen) atoms. The summed E-state index contributed by atoms with van der Waals surface area (Å²) in [6.07, 6.45) is 3.14. The van der Waals surface area contributed by atoms with Gasteiger partial charge in [0.2, 0.25) is 18.2 Å². The first-order chi connectivity index (χ1) is 19.9. The predicted octanol–water partition coefficient (Wildman–Crippen LogP) is 3.41. The molecule has 4 amide bonds. The maximum Gasteiger partial charge on any atom is 0.408 e. The Hall–Kier alpha value is -4.80. The first kappa shape index (κ1) is 30.2. The number of H-pyrrole nitrogens is 2. The lowest BCUT2D eigenvalue weighted by molar-refractivity contribution is -0.132. The normalized spacial score (nSPS) is 13.3. The average Bonchev–Trinajstić information content (AvgIpc) is 3.51. The minimum Gasteiger partial charge on any atom is -0.444 e. The van der Waals surface area contributed by atoms with E-state index in [-0.39, 0.29) is 6.42 Å². The molecule has 4 rings (SSSR count). The van der Waals surface area contributed by atoms with E-state index < -0.39 is 41.3 Å². The van der Waals surface area contributed by atoms with Crippen molar-refractivity contribution < 1.29 is 23.9 Å². The molecule has 0 aliphatic carbocycles. The van der Waals surface area contributed by atoms with Crippen LogP contribution in [0.25, 0.3) is 21.8 Å². The van der Waals surface area contributed by atoms with Gasteiger partial charge in [0.15, 0.2) is 0 Å². The van der Waals surface area contributed by atoms with Crippen LogP contribution in [-0.2, 0) is 32.0 Å². The van der Waals surface area contributed by atoms with Crippen LogP contribution in [0.5, 0.6) is 0 Å². The monoisotopic (exact) mass is 574 g/mol. The molecular weight excluding hydrogens is 536 g/mol. The Balaban J connectivity index is 1.56. The number of para-hydroxylation sites is 2. The van der Waals surface area contributed by atoms with Crippen LogP contribution in [-0.4, -0.2) is 57.6 Å². The van der Waals surface area contributed by atoms with Crippen molar-refractivity contribution in [3.05, 3.63) is 72.1 Å². The highest BCUT2D eigenvalue weighted by Gasteiger charge is 2.35. The number of hydrogen-bond donors (Lipinski definition) is 6. The number of aromatic nitrogens is 2. The molecule has 2 heterocycles. The van der Waals surface area contributed by atoms with Gasteiger partial charge in [-0.15, -0.1) is 0 Å². The number of alkyl carbamates (subject to hydrolysis) is 1. The predicted molar refractivity (Wildman–Crippen MR) is 161 cm³/mol. The molecule has 0 spiro atoms. The molecule has 0 unspecified atom stereocenters. The molecule has 0 aliphatic rings. The van der Waals surface area contributed by atoms with Crippen LogP contribution in [0.1, 0.15) is 45.7 Å². The van der Waals surface area contributed by atoms with Gasteiger partial charge >= 0.3 is 6.09 Å². The number of carbonyl (C=O) groups is 4. The van der Waals surface area contributed by atoms with Crippen LogP contribution < -0.4 is 21.3 Å². The summed E-state index contributed by atoms with van der Waals surface area (Å²) in [7, 11) is 0. The summed E-state index contributed by atoms with van der Waals surface area (Å²) in [6, 6.07) is 14.4. The Morgan fingerprint density at radius 1 is 0.833 bits per heavy atom. The second-order valence-electron chi connectivity index (χ2n) is 11.8. The van der Waals surface area contributed by atoms with E-state index >= 15 is 0 Å². The number of amides is 4. The van der Waals surface area contributed by atoms with E-state index in [0.717, 1.165) is 32.9 Å². The zero-order valence-electron chi connectivity index (χ0n) is 24.5. The fraction of sp³-hybridized carbons (Fsp3) is 0.355. The van der Waals surface area contributed by atoms with E-state index in [1.807, 2.05) is 54.7 Å². The zero-order valence-corrected chi connectivity index (χ0v) is 24.5. The summed E-state index contributed by atoms with van der Waals surface area (Å²) >= 11 is 0. The zero-order chi connectivity index (χ0) is 30.5. The van der Waals surface area contributed by atoms with Crippen molar-refractivity contribution >= 4 is 46.1 Å². The molecule has 0 aliphatic heterocycles. The minimum atomic E-state index is -1.40.